The maximum Gasteiger partial charge on any atom is 0.254 e. The van der Waals surface area contributed by atoms with E-state index < -0.39 is 0 Å². The Morgan fingerprint density at radius 3 is 2.37 bits per heavy atom. The Morgan fingerprint density at radius 2 is 1.63 bits per heavy atom. The Balaban J connectivity index is 1.35. The van der Waals surface area contributed by atoms with Gasteiger partial charge in [-0.25, -0.2) is 9.97 Å². The Bertz CT molecular complexity index is 1060. The minimum absolute atomic E-state index is 0.0208. The smallest absolute Gasteiger partial charge is 0.254 e. The van der Waals surface area contributed by atoms with Gasteiger partial charge in [0, 0.05) is 36.0 Å². The second kappa shape index (κ2) is 8.49. The fraction of sp³-hybridized carbons (Fsp3) is 0.304. The van der Waals surface area contributed by atoms with Crippen molar-refractivity contribution in [2.45, 2.75) is 26.7 Å². The maximum atomic E-state index is 13.1. The van der Waals surface area contributed by atoms with Gasteiger partial charge in [0.15, 0.2) is 0 Å². The van der Waals surface area contributed by atoms with Crippen LogP contribution in [0.15, 0.2) is 48.5 Å². The van der Waals surface area contributed by atoms with E-state index in [1.54, 1.807) is 0 Å². The second-order valence-electron chi connectivity index (χ2n) is 7.68. The standard InChI is InChI=1S/C23H25N5O2/c1-15-14-16(2)25-23(24-15)27-26-21(29)18-10-12-28(13-11-18)22(30)20-9-5-7-17-6-3-4-8-19(17)20/h3-9,14,18H,10-13H2,1-2H3,(H,26,29)(H,24,25,27). The summed E-state index contributed by atoms with van der Waals surface area (Å²) in [7, 11) is 0. The summed E-state index contributed by atoms with van der Waals surface area (Å²) in [4.78, 5) is 35.9. The van der Waals surface area contributed by atoms with Gasteiger partial charge in [-0.3, -0.25) is 20.4 Å². The van der Waals surface area contributed by atoms with Gasteiger partial charge < -0.3 is 4.90 Å². The van der Waals surface area contributed by atoms with E-state index in [1.807, 2.05) is 67.3 Å². The molecule has 1 aliphatic rings. The van der Waals surface area contributed by atoms with Crippen LogP contribution in [0.2, 0.25) is 0 Å². The van der Waals surface area contributed by atoms with Crippen LogP contribution in [0.1, 0.15) is 34.6 Å². The summed E-state index contributed by atoms with van der Waals surface area (Å²) < 4.78 is 0. The van der Waals surface area contributed by atoms with Crippen LogP contribution in [-0.4, -0.2) is 39.8 Å². The molecule has 2 amide bonds. The average Bonchev–Trinajstić information content (AvgIpc) is 2.76. The van der Waals surface area contributed by atoms with Crippen molar-refractivity contribution >= 4 is 28.5 Å². The van der Waals surface area contributed by atoms with Crippen LogP contribution < -0.4 is 10.9 Å². The molecule has 0 bridgehead atoms. The number of piperidine rings is 1. The number of amides is 2. The van der Waals surface area contributed by atoms with Crippen molar-refractivity contribution in [3.05, 3.63) is 65.5 Å². The lowest BCUT2D eigenvalue weighted by Crippen LogP contribution is -2.44. The highest BCUT2D eigenvalue weighted by Crippen LogP contribution is 2.23. The first-order valence-corrected chi connectivity index (χ1v) is 10.2. The molecule has 7 heteroatoms. The molecule has 1 aliphatic heterocycles. The van der Waals surface area contributed by atoms with Gasteiger partial charge in [-0.1, -0.05) is 36.4 Å². The van der Waals surface area contributed by atoms with Crippen LogP contribution in [0.4, 0.5) is 5.95 Å². The first-order valence-electron chi connectivity index (χ1n) is 10.2. The minimum atomic E-state index is -0.153. The predicted molar refractivity (Wildman–Crippen MR) is 116 cm³/mol. The number of likely N-dealkylation sites (tertiary alicyclic amines) is 1. The Morgan fingerprint density at radius 1 is 0.967 bits per heavy atom. The molecule has 0 saturated carbocycles. The molecule has 0 atom stereocenters. The molecule has 1 aromatic heterocycles. The van der Waals surface area contributed by atoms with Crippen molar-refractivity contribution in [2.75, 3.05) is 18.5 Å². The number of hydrogen-bond acceptors (Lipinski definition) is 5. The lowest BCUT2D eigenvalue weighted by molar-refractivity contribution is -0.125. The quantitative estimate of drug-likeness (QED) is 0.653. The molecule has 0 aliphatic carbocycles. The number of fused-ring (bicyclic) bond motifs is 1. The molecular weight excluding hydrogens is 378 g/mol. The van der Waals surface area contributed by atoms with E-state index in [0.717, 1.165) is 22.2 Å². The molecule has 2 N–H and O–H groups in total. The maximum absolute atomic E-state index is 13.1. The van der Waals surface area contributed by atoms with Gasteiger partial charge in [0.1, 0.15) is 0 Å². The summed E-state index contributed by atoms with van der Waals surface area (Å²) in [5.74, 6) is 0.145. The van der Waals surface area contributed by atoms with Crippen LogP contribution >= 0.6 is 0 Å². The SMILES string of the molecule is Cc1cc(C)nc(NNC(=O)C2CCN(C(=O)c3cccc4ccccc34)CC2)n1. The van der Waals surface area contributed by atoms with Crippen molar-refractivity contribution in [3.8, 4) is 0 Å². The Hall–Kier alpha value is -3.48. The monoisotopic (exact) mass is 403 g/mol. The zero-order valence-electron chi connectivity index (χ0n) is 17.2. The number of nitrogens with zero attached hydrogens (tertiary/aromatic N) is 3. The Kier molecular flexibility index (Phi) is 5.61. The number of benzene rings is 2. The number of nitrogens with one attached hydrogen (secondary N) is 2. The van der Waals surface area contributed by atoms with Crippen LogP contribution in [0.3, 0.4) is 0 Å². The van der Waals surface area contributed by atoms with E-state index in [4.69, 9.17) is 0 Å². The van der Waals surface area contributed by atoms with Crippen LogP contribution in [0, 0.1) is 19.8 Å². The van der Waals surface area contributed by atoms with Crippen LogP contribution in [0.25, 0.3) is 10.8 Å². The number of aromatic nitrogens is 2. The molecule has 7 nitrogen and oxygen atoms in total. The summed E-state index contributed by atoms with van der Waals surface area (Å²) >= 11 is 0. The van der Waals surface area contributed by atoms with E-state index in [1.165, 1.54) is 0 Å². The number of hydrogen-bond donors (Lipinski definition) is 2. The third kappa shape index (κ3) is 4.25. The van der Waals surface area contributed by atoms with Crippen molar-refractivity contribution in [3.63, 3.8) is 0 Å². The fourth-order valence-electron chi connectivity index (χ4n) is 3.93. The number of hydrazine groups is 1. The highest BCUT2D eigenvalue weighted by molar-refractivity contribution is 6.07. The molecule has 2 heterocycles. The molecule has 1 saturated heterocycles. The minimum Gasteiger partial charge on any atom is -0.339 e. The lowest BCUT2D eigenvalue weighted by atomic mass is 9.95. The number of aryl methyl sites for hydroxylation is 2. The van der Waals surface area contributed by atoms with E-state index >= 15 is 0 Å². The van der Waals surface area contributed by atoms with E-state index in [9.17, 15) is 9.59 Å². The number of anilines is 1. The molecule has 2 aromatic carbocycles. The first-order chi connectivity index (χ1) is 14.5. The predicted octanol–water partition coefficient (Wildman–Crippen LogP) is 3.24. The summed E-state index contributed by atoms with van der Waals surface area (Å²) in [5.41, 5.74) is 7.89. The molecule has 1 fully saturated rings. The molecule has 4 rings (SSSR count). The van der Waals surface area contributed by atoms with Gasteiger partial charge >= 0.3 is 0 Å². The van der Waals surface area contributed by atoms with Gasteiger partial charge in [0.25, 0.3) is 5.91 Å². The van der Waals surface area contributed by atoms with Crippen molar-refractivity contribution in [1.29, 1.82) is 0 Å². The largest absolute Gasteiger partial charge is 0.339 e. The topological polar surface area (TPSA) is 87.2 Å². The van der Waals surface area contributed by atoms with Gasteiger partial charge in [0.05, 0.1) is 0 Å². The van der Waals surface area contributed by atoms with Gasteiger partial charge in [0.2, 0.25) is 11.9 Å². The summed E-state index contributed by atoms with van der Waals surface area (Å²) in [6, 6.07) is 15.6. The van der Waals surface area contributed by atoms with E-state index in [0.29, 0.717) is 37.4 Å². The zero-order chi connectivity index (χ0) is 21.1. The highest BCUT2D eigenvalue weighted by atomic mass is 16.2. The highest BCUT2D eigenvalue weighted by Gasteiger charge is 2.28. The number of rotatable bonds is 4. The average molecular weight is 403 g/mol. The van der Waals surface area contributed by atoms with Gasteiger partial charge in [-0.15, -0.1) is 0 Å². The van der Waals surface area contributed by atoms with E-state index in [2.05, 4.69) is 20.8 Å². The summed E-state index contributed by atoms with van der Waals surface area (Å²) in [6.45, 7) is 4.87. The number of carbonyl (C=O) groups is 2. The molecule has 0 unspecified atom stereocenters. The fourth-order valence-corrected chi connectivity index (χ4v) is 3.93. The van der Waals surface area contributed by atoms with Crippen molar-refractivity contribution in [2.24, 2.45) is 5.92 Å². The van der Waals surface area contributed by atoms with Crippen LogP contribution in [-0.2, 0) is 4.79 Å². The van der Waals surface area contributed by atoms with Crippen LogP contribution in [0.5, 0.6) is 0 Å². The van der Waals surface area contributed by atoms with Crippen molar-refractivity contribution < 1.29 is 9.59 Å². The van der Waals surface area contributed by atoms with Gasteiger partial charge in [-0.2, -0.15) is 0 Å². The summed E-state index contributed by atoms with van der Waals surface area (Å²) in [5, 5.41) is 2.01. The Labute approximate surface area is 175 Å². The molecule has 3 aromatic rings. The summed E-state index contributed by atoms with van der Waals surface area (Å²) in [6.07, 6.45) is 1.25. The zero-order valence-corrected chi connectivity index (χ0v) is 17.2. The molecule has 0 spiro atoms. The second-order valence-corrected chi connectivity index (χ2v) is 7.68. The first kappa shape index (κ1) is 19.8. The molecule has 30 heavy (non-hydrogen) atoms. The van der Waals surface area contributed by atoms with Gasteiger partial charge in [-0.05, 0) is 49.6 Å². The van der Waals surface area contributed by atoms with E-state index in [-0.39, 0.29) is 17.7 Å². The third-order valence-corrected chi connectivity index (χ3v) is 5.45. The lowest BCUT2D eigenvalue weighted by Gasteiger charge is -2.31. The van der Waals surface area contributed by atoms with Crippen molar-refractivity contribution in [1.82, 2.24) is 20.3 Å². The molecular formula is C23H25N5O2. The third-order valence-electron chi connectivity index (χ3n) is 5.45. The molecule has 0 radical (unpaired) electrons. The molecule has 154 valence electrons. The normalized spacial score (nSPS) is 14.5. The number of carbonyl (C=O) groups excluding carboxylic acids is 2.